The van der Waals surface area contributed by atoms with E-state index >= 15 is 0 Å². The van der Waals surface area contributed by atoms with Crippen molar-refractivity contribution in [3.63, 3.8) is 0 Å². The molecule has 0 bridgehead atoms. The fourth-order valence-electron chi connectivity index (χ4n) is 2.20. The van der Waals surface area contributed by atoms with Gasteiger partial charge in [0.2, 0.25) is 0 Å². The third kappa shape index (κ3) is 5.18. The fourth-order valence-corrected chi connectivity index (χ4v) is 2.40. The Morgan fingerprint density at radius 1 is 1.38 bits per heavy atom. The molecule has 0 aromatic carbocycles. The monoisotopic (exact) mass is 348 g/mol. The Morgan fingerprint density at radius 2 is 2.17 bits per heavy atom. The minimum atomic E-state index is -0.248. The van der Waals surface area contributed by atoms with Crippen molar-refractivity contribution in [3.05, 3.63) is 52.9 Å². The Kier molecular flexibility index (Phi) is 6.52. The van der Waals surface area contributed by atoms with Gasteiger partial charge in [0, 0.05) is 50.6 Å². The lowest BCUT2D eigenvalue weighted by atomic mass is 10.0. The molecule has 0 saturated carbocycles. The number of aliphatic hydroxyl groups is 1. The van der Waals surface area contributed by atoms with Crippen LogP contribution in [0.3, 0.4) is 0 Å². The van der Waals surface area contributed by atoms with Crippen LogP contribution in [0.5, 0.6) is 0 Å². The van der Waals surface area contributed by atoms with E-state index in [1.165, 1.54) is 6.07 Å². The number of carbonyl (C=O) groups excluding carboxylic acids is 1. The molecule has 7 heteroatoms. The molecule has 2 aromatic heterocycles. The van der Waals surface area contributed by atoms with Crippen LogP contribution in [-0.2, 0) is 6.42 Å². The first-order chi connectivity index (χ1) is 11.5. The minimum absolute atomic E-state index is 0.0308. The summed E-state index contributed by atoms with van der Waals surface area (Å²) in [5.74, 6) is 0.260. The van der Waals surface area contributed by atoms with E-state index in [1.807, 2.05) is 32.3 Å². The molecule has 6 nitrogen and oxygen atoms in total. The number of aliphatic hydroxyl groups excluding tert-OH is 1. The zero-order valence-corrected chi connectivity index (χ0v) is 14.5. The van der Waals surface area contributed by atoms with Gasteiger partial charge in [-0.05, 0) is 30.7 Å². The smallest absolute Gasteiger partial charge is 0.251 e. The van der Waals surface area contributed by atoms with Gasteiger partial charge < -0.3 is 15.3 Å². The second-order valence-corrected chi connectivity index (χ2v) is 6.10. The highest BCUT2D eigenvalue weighted by atomic mass is 35.5. The van der Waals surface area contributed by atoms with Gasteiger partial charge in [0.25, 0.3) is 5.91 Å². The molecule has 0 spiro atoms. The van der Waals surface area contributed by atoms with Gasteiger partial charge in [-0.1, -0.05) is 17.7 Å². The molecular formula is C17H21ClN4O2. The predicted molar refractivity (Wildman–Crippen MR) is 94.4 cm³/mol. The maximum Gasteiger partial charge on any atom is 0.251 e. The molecule has 0 aliphatic heterocycles. The van der Waals surface area contributed by atoms with Crippen molar-refractivity contribution in [2.75, 3.05) is 32.1 Å². The standard InChI is InChI=1S/C17H21ClN4O2/c1-22(2)16-9-13(8-15(18)21-16)17(24)20-10-12(11-23)7-14-5-3-4-6-19-14/h3-6,8-9,12,23H,7,10-11H2,1-2H3,(H,20,24). The third-order valence-corrected chi connectivity index (χ3v) is 3.73. The molecule has 0 radical (unpaired) electrons. The molecule has 2 heterocycles. The predicted octanol–water partition coefficient (Wildman–Crippen LogP) is 1.78. The zero-order chi connectivity index (χ0) is 17.5. The summed E-state index contributed by atoms with van der Waals surface area (Å²) in [6.07, 6.45) is 2.31. The van der Waals surface area contributed by atoms with Gasteiger partial charge in [0.15, 0.2) is 0 Å². The molecule has 24 heavy (non-hydrogen) atoms. The number of rotatable bonds is 7. The molecule has 0 aliphatic carbocycles. The molecule has 2 rings (SSSR count). The lowest BCUT2D eigenvalue weighted by Crippen LogP contribution is -2.32. The number of nitrogens with zero attached hydrogens (tertiary/aromatic N) is 3. The average molecular weight is 349 g/mol. The highest BCUT2D eigenvalue weighted by molar-refractivity contribution is 6.29. The van der Waals surface area contributed by atoms with Crippen molar-refractivity contribution >= 4 is 23.3 Å². The Hall–Kier alpha value is -2.18. The van der Waals surface area contributed by atoms with E-state index in [0.717, 1.165) is 5.69 Å². The van der Waals surface area contributed by atoms with Crippen LogP contribution in [-0.4, -0.2) is 48.2 Å². The molecule has 1 amide bonds. The third-order valence-electron chi connectivity index (χ3n) is 3.53. The van der Waals surface area contributed by atoms with Crippen LogP contribution in [0.2, 0.25) is 5.15 Å². The summed E-state index contributed by atoms with van der Waals surface area (Å²) in [7, 11) is 3.66. The van der Waals surface area contributed by atoms with Gasteiger partial charge in [0.1, 0.15) is 11.0 Å². The Bertz CT molecular complexity index is 680. The minimum Gasteiger partial charge on any atom is -0.396 e. The number of hydrogen-bond donors (Lipinski definition) is 2. The number of aromatic nitrogens is 2. The van der Waals surface area contributed by atoms with Crippen LogP contribution >= 0.6 is 11.6 Å². The Balaban J connectivity index is 1.98. The summed E-state index contributed by atoms with van der Waals surface area (Å²) < 4.78 is 0. The van der Waals surface area contributed by atoms with Crippen LogP contribution in [0.25, 0.3) is 0 Å². The molecule has 0 aliphatic rings. The highest BCUT2D eigenvalue weighted by Gasteiger charge is 2.14. The van der Waals surface area contributed by atoms with E-state index in [1.54, 1.807) is 17.2 Å². The van der Waals surface area contributed by atoms with Gasteiger partial charge >= 0.3 is 0 Å². The summed E-state index contributed by atoms with van der Waals surface area (Å²) in [5, 5.41) is 12.6. The molecule has 0 fully saturated rings. The molecule has 2 aromatic rings. The lowest BCUT2D eigenvalue weighted by molar-refractivity contribution is 0.0939. The van der Waals surface area contributed by atoms with Gasteiger partial charge in [-0.15, -0.1) is 0 Å². The SMILES string of the molecule is CN(C)c1cc(C(=O)NCC(CO)Cc2ccccn2)cc(Cl)n1. The van der Waals surface area contributed by atoms with Crippen LogP contribution in [0.4, 0.5) is 5.82 Å². The van der Waals surface area contributed by atoms with E-state index in [2.05, 4.69) is 15.3 Å². The zero-order valence-electron chi connectivity index (χ0n) is 13.7. The maximum atomic E-state index is 12.3. The summed E-state index contributed by atoms with van der Waals surface area (Å²) in [4.78, 5) is 22.5. The van der Waals surface area contributed by atoms with Crippen LogP contribution < -0.4 is 10.2 Å². The second-order valence-electron chi connectivity index (χ2n) is 5.71. The van der Waals surface area contributed by atoms with Crippen molar-refractivity contribution in [2.45, 2.75) is 6.42 Å². The van der Waals surface area contributed by atoms with E-state index < -0.39 is 0 Å². The number of pyridine rings is 2. The molecule has 0 saturated heterocycles. The molecule has 128 valence electrons. The van der Waals surface area contributed by atoms with E-state index in [0.29, 0.717) is 24.3 Å². The topological polar surface area (TPSA) is 78.4 Å². The molecular weight excluding hydrogens is 328 g/mol. The largest absolute Gasteiger partial charge is 0.396 e. The Labute approximate surface area is 146 Å². The van der Waals surface area contributed by atoms with Crippen LogP contribution in [0.1, 0.15) is 16.1 Å². The maximum absolute atomic E-state index is 12.3. The van der Waals surface area contributed by atoms with Crippen molar-refractivity contribution in [1.82, 2.24) is 15.3 Å². The van der Waals surface area contributed by atoms with E-state index in [4.69, 9.17) is 11.6 Å². The van der Waals surface area contributed by atoms with Crippen molar-refractivity contribution in [2.24, 2.45) is 5.92 Å². The van der Waals surface area contributed by atoms with Gasteiger partial charge in [-0.3, -0.25) is 9.78 Å². The number of anilines is 1. The number of nitrogens with one attached hydrogen (secondary N) is 1. The first kappa shape index (κ1) is 18.2. The second kappa shape index (κ2) is 8.61. The number of halogens is 1. The van der Waals surface area contributed by atoms with Gasteiger partial charge in [0.05, 0.1) is 0 Å². The van der Waals surface area contributed by atoms with Crippen molar-refractivity contribution < 1.29 is 9.90 Å². The Morgan fingerprint density at radius 3 is 2.79 bits per heavy atom. The van der Waals surface area contributed by atoms with Crippen molar-refractivity contribution in [1.29, 1.82) is 0 Å². The average Bonchev–Trinajstić information content (AvgIpc) is 2.58. The number of hydrogen-bond acceptors (Lipinski definition) is 5. The van der Waals surface area contributed by atoms with Gasteiger partial charge in [-0.25, -0.2) is 4.98 Å². The highest BCUT2D eigenvalue weighted by Crippen LogP contribution is 2.16. The molecule has 1 unspecified atom stereocenters. The van der Waals surface area contributed by atoms with Gasteiger partial charge in [-0.2, -0.15) is 0 Å². The summed E-state index contributed by atoms with van der Waals surface area (Å²) in [5.41, 5.74) is 1.32. The number of amides is 1. The van der Waals surface area contributed by atoms with E-state index in [-0.39, 0.29) is 23.6 Å². The van der Waals surface area contributed by atoms with Crippen LogP contribution in [0, 0.1) is 5.92 Å². The quantitative estimate of drug-likeness (QED) is 0.746. The fraction of sp³-hybridized carbons (Fsp3) is 0.353. The van der Waals surface area contributed by atoms with Crippen molar-refractivity contribution in [3.8, 4) is 0 Å². The first-order valence-corrected chi connectivity index (χ1v) is 8.01. The molecule has 2 N–H and O–H groups in total. The van der Waals surface area contributed by atoms with Crippen LogP contribution in [0.15, 0.2) is 36.5 Å². The summed E-state index contributed by atoms with van der Waals surface area (Å²) in [6.45, 7) is 0.319. The lowest BCUT2D eigenvalue weighted by Gasteiger charge is -2.16. The summed E-state index contributed by atoms with van der Waals surface area (Å²) in [6, 6.07) is 8.84. The normalized spacial score (nSPS) is 11.8. The summed E-state index contributed by atoms with van der Waals surface area (Å²) >= 11 is 5.97. The first-order valence-electron chi connectivity index (χ1n) is 7.63. The van der Waals surface area contributed by atoms with E-state index in [9.17, 15) is 9.90 Å². The number of carbonyl (C=O) groups is 1. The molecule has 1 atom stereocenters.